The summed E-state index contributed by atoms with van der Waals surface area (Å²) in [7, 11) is 0. The molecule has 2 aliphatic carbocycles. The topological polar surface area (TPSA) is 29.1 Å². The van der Waals surface area contributed by atoms with Crippen LogP contribution in [0.3, 0.4) is 0 Å². The Bertz CT molecular complexity index is 679. The molecule has 1 spiro atoms. The largest absolute Gasteiger partial charge is 0.356 e. The number of carbonyl (C=O) groups excluding carboxylic acids is 1. The third-order valence-corrected chi connectivity index (χ3v) is 6.49. The van der Waals surface area contributed by atoms with Crippen molar-refractivity contribution in [1.82, 2.24) is 5.32 Å². The maximum absolute atomic E-state index is 12.6. The summed E-state index contributed by atoms with van der Waals surface area (Å²) in [4.78, 5) is 12.6. The van der Waals surface area contributed by atoms with Crippen LogP contribution in [0.5, 0.6) is 0 Å². The Morgan fingerprint density at radius 3 is 2.08 bits per heavy atom. The Labute approximate surface area is 157 Å². The zero-order valence-electron chi connectivity index (χ0n) is 15.5. The van der Waals surface area contributed by atoms with Crippen molar-refractivity contribution >= 4 is 5.91 Å². The molecular formula is C24H29NO. The highest BCUT2D eigenvalue weighted by atomic mass is 16.2. The first-order valence-electron chi connectivity index (χ1n) is 10.2. The molecule has 0 radical (unpaired) electrons. The second-order valence-electron chi connectivity index (χ2n) is 8.13. The van der Waals surface area contributed by atoms with Gasteiger partial charge in [-0.15, -0.1) is 0 Å². The monoisotopic (exact) mass is 347 g/mol. The van der Waals surface area contributed by atoms with Crippen LogP contribution in [-0.4, -0.2) is 12.5 Å². The van der Waals surface area contributed by atoms with E-state index in [0.717, 1.165) is 19.4 Å². The van der Waals surface area contributed by atoms with E-state index in [1.807, 2.05) is 0 Å². The average Bonchev–Trinajstić information content (AvgIpc) is 3.40. The van der Waals surface area contributed by atoms with Gasteiger partial charge in [0.1, 0.15) is 0 Å². The van der Waals surface area contributed by atoms with Crippen LogP contribution in [0, 0.1) is 11.3 Å². The molecule has 2 fully saturated rings. The number of rotatable bonds is 6. The Balaban J connectivity index is 1.36. The number of amides is 1. The predicted octanol–water partition coefficient (Wildman–Crippen LogP) is 5.30. The fraction of sp³-hybridized carbons (Fsp3) is 0.458. The highest BCUT2D eigenvalue weighted by Gasteiger charge is 2.57. The number of hydrogen-bond donors (Lipinski definition) is 1. The van der Waals surface area contributed by atoms with Crippen molar-refractivity contribution in [2.24, 2.45) is 11.3 Å². The van der Waals surface area contributed by atoms with Gasteiger partial charge >= 0.3 is 0 Å². The predicted molar refractivity (Wildman–Crippen MR) is 106 cm³/mol. The molecule has 1 amide bonds. The van der Waals surface area contributed by atoms with Gasteiger partial charge in [-0.25, -0.2) is 0 Å². The summed E-state index contributed by atoms with van der Waals surface area (Å²) in [5.41, 5.74) is 3.02. The van der Waals surface area contributed by atoms with Crippen molar-refractivity contribution in [2.75, 3.05) is 6.54 Å². The molecule has 2 heteroatoms. The van der Waals surface area contributed by atoms with E-state index in [2.05, 4.69) is 66.0 Å². The van der Waals surface area contributed by atoms with Crippen molar-refractivity contribution in [3.8, 4) is 0 Å². The van der Waals surface area contributed by atoms with Gasteiger partial charge in [0.15, 0.2) is 0 Å². The minimum atomic E-state index is 0.287. The fourth-order valence-electron chi connectivity index (χ4n) is 4.89. The quantitative estimate of drug-likeness (QED) is 0.755. The normalized spacial score (nSPS) is 20.9. The summed E-state index contributed by atoms with van der Waals surface area (Å²) in [5.74, 6) is 0.919. The smallest absolute Gasteiger partial charge is 0.223 e. The molecule has 0 aromatic heterocycles. The van der Waals surface area contributed by atoms with E-state index in [1.54, 1.807) is 0 Å². The van der Waals surface area contributed by atoms with Crippen molar-refractivity contribution in [3.63, 3.8) is 0 Å². The van der Waals surface area contributed by atoms with Gasteiger partial charge in [-0.2, -0.15) is 0 Å². The summed E-state index contributed by atoms with van der Waals surface area (Å²) in [5, 5.41) is 3.25. The zero-order chi connectivity index (χ0) is 17.8. The Kier molecular flexibility index (Phi) is 5.10. The SMILES string of the molecule is O=C(NCCC(c1ccccc1)c1ccccc1)[C@@H]1CC12CCCCC2. The van der Waals surface area contributed by atoms with E-state index in [9.17, 15) is 4.79 Å². The van der Waals surface area contributed by atoms with Gasteiger partial charge in [0.25, 0.3) is 0 Å². The summed E-state index contributed by atoms with van der Waals surface area (Å²) in [6, 6.07) is 21.3. The van der Waals surface area contributed by atoms with Crippen LogP contribution < -0.4 is 5.32 Å². The molecule has 1 N–H and O–H groups in total. The molecule has 0 unspecified atom stereocenters. The van der Waals surface area contributed by atoms with Gasteiger partial charge in [-0.1, -0.05) is 79.9 Å². The molecule has 26 heavy (non-hydrogen) atoms. The van der Waals surface area contributed by atoms with Crippen molar-refractivity contribution in [3.05, 3.63) is 71.8 Å². The minimum absolute atomic E-state index is 0.287. The molecule has 0 saturated heterocycles. The molecule has 136 valence electrons. The number of carbonyl (C=O) groups is 1. The van der Waals surface area contributed by atoms with E-state index in [1.165, 1.54) is 43.2 Å². The number of hydrogen-bond acceptors (Lipinski definition) is 1. The third kappa shape index (κ3) is 3.70. The second kappa shape index (κ2) is 7.65. The van der Waals surface area contributed by atoms with Gasteiger partial charge in [0.05, 0.1) is 0 Å². The molecule has 0 bridgehead atoms. The van der Waals surface area contributed by atoms with Crippen molar-refractivity contribution in [2.45, 2.75) is 50.9 Å². The molecule has 2 aliphatic rings. The summed E-state index contributed by atoms with van der Waals surface area (Å²) in [6.45, 7) is 0.750. The maximum Gasteiger partial charge on any atom is 0.223 e. The van der Waals surface area contributed by atoms with Gasteiger partial charge in [-0.05, 0) is 42.2 Å². The molecule has 2 saturated carbocycles. The van der Waals surface area contributed by atoms with E-state index in [-0.39, 0.29) is 5.92 Å². The van der Waals surface area contributed by atoms with E-state index in [0.29, 0.717) is 17.2 Å². The minimum Gasteiger partial charge on any atom is -0.356 e. The first-order valence-corrected chi connectivity index (χ1v) is 10.2. The van der Waals surface area contributed by atoms with Crippen LogP contribution in [0.4, 0.5) is 0 Å². The van der Waals surface area contributed by atoms with Crippen LogP contribution in [0.1, 0.15) is 62.0 Å². The maximum atomic E-state index is 12.6. The number of benzene rings is 2. The first kappa shape index (κ1) is 17.3. The molecule has 1 atom stereocenters. The van der Waals surface area contributed by atoms with Crippen LogP contribution in [0.25, 0.3) is 0 Å². The lowest BCUT2D eigenvalue weighted by molar-refractivity contribution is -0.123. The fourth-order valence-corrected chi connectivity index (χ4v) is 4.89. The Morgan fingerprint density at radius 2 is 1.50 bits per heavy atom. The molecule has 0 aliphatic heterocycles. The van der Waals surface area contributed by atoms with Crippen LogP contribution in [0.2, 0.25) is 0 Å². The lowest BCUT2D eigenvalue weighted by Crippen LogP contribution is -2.29. The van der Waals surface area contributed by atoms with Crippen molar-refractivity contribution < 1.29 is 4.79 Å². The van der Waals surface area contributed by atoms with E-state index >= 15 is 0 Å². The molecule has 2 aromatic rings. The third-order valence-electron chi connectivity index (χ3n) is 6.49. The van der Waals surface area contributed by atoms with E-state index < -0.39 is 0 Å². The molecule has 4 rings (SSSR count). The molecule has 2 nitrogen and oxygen atoms in total. The van der Waals surface area contributed by atoms with Crippen molar-refractivity contribution in [1.29, 1.82) is 0 Å². The van der Waals surface area contributed by atoms with E-state index in [4.69, 9.17) is 0 Å². The Morgan fingerprint density at radius 1 is 0.923 bits per heavy atom. The van der Waals surface area contributed by atoms with Crippen LogP contribution in [0.15, 0.2) is 60.7 Å². The van der Waals surface area contributed by atoms with Gasteiger partial charge in [0.2, 0.25) is 5.91 Å². The zero-order valence-corrected chi connectivity index (χ0v) is 15.5. The highest BCUT2D eigenvalue weighted by molar-refractivity contribution is 5.82. The number of nitrogens with one attached hydrogen (secondary N) is 1. The average molecular weight is 348 g/mol. The van der Waals surface area contributed by atoms with Gasteiger partial charge in [0, 0.05) is 18.4 Å². The van der Waals surface area contributed by atoms with Gasteiger partial charge < -0.3 is 5.32 Å². The first-order chi connectivity index (χ1) is 12.8. The van der Waals surface area contributed by atoms with Gasteiger partial charge in [-0.3, -0.25) is 4.79 Å². The van der Waals surface area contributed by atoms with Crippen LogP contribution in [-0.2, 0) is 4.79 Å². The second-order valence-corrected chi connectivity index (χ2v) is 8.13. The lowest BCUT2D eigenvalue weighted by atomic mass is 9.84. The summed E-state index contributed by atoms with van der Waals surface area (Å²) >= 11 is 0. The summed E-state index contributed by atoms with van der Waals surface area (Å²) < 4.78 is 0. The standard InChI is InChI=1S/C24H29NO/c26-23(22-18-24(22)15-8-3-9-16-24)25-17-14-21(19-10-4-1-5-11-19)20-12-6-2-7-13-20/h1-2,4-7,10-13,21-22H,3,8-9,14-18H2,(H,25,26)/t22-/m0/s1. The Hall–Kier alpha value is -2.09. The summed E-state index contributed by atoms with van der Waals surface area (Å²) in [6.07, 6.45) is 8.58. The molecular weight excluding hydrogens is 318 g/mol. The molecule has 0 heterocycles. The highest BCUT2D eigenvalue weighted by Crippen LogP contribution is 2.61. The van der Waals surface area contributed by atoms with Crippen LogP contribution >= 0.6 is 0 Å². The molecule has 2 aromatic carbocycles. The lowest BCUT2D eigenvalue weighted by Gasteiger charge is -2.22.